The van der Waals surface area contributed by atoms with Crippen LogP contribution in [0.4, 0.5) is 0 Å². The predicted octanol–water partition coefficient (Wildman–Crippen LogP) is -3.30. The molecule has 1 aromatic carbocycles. The van der Waals surface area contributed by atoms with Crippen LogP contribution in [-0.2, 0) is 20.4 Å². The van der Waals surface area contributed by atoms with E-state index in [1.165, 1.54) is 15.0 Å². The summed E-state index contributed by atoms with van der Waals surface area (Å²) in [5, 5.41) is 0. The van der Waals surface area contributed by atoms with Crippen molar-refractivity contribution >= 4 is 6.08 Å². The van der Waals surface area contributed by atoms with Crippen LogP contribution >= 0.6 is 0 Å². The largest absolute Gasteiger partial charge is 1.00 e. The van der Waals surface area contributed by atoms with E-state index in [1.807, 2.05) is 0 Å². The minimum atomic E-state index is 0. The van der Waals surface area contributed by atoms with Crippen molar-refractivity contribution in [1.29, 1.82) is 0 Å². The fourth-order valence-electron chi connectivity index (χ4n) is 1.50. The standard InChI is InChI=1S/C10H9.2ClH.Ti/c1-8-6-7-9-4-2-3-5-10(8)9;;;/h2-5,7-8H,1H3;2*1H;/q;;;+2/p-2. The van der Waals surface area contributed by atoms with Crippen LogP contribution in [0.5, 0.6) is 0 Å². The second-order valence-corrected chi connectivity index (χ2v) is 3.85. The first-order valence-electron chi connectivity index (χ1n) is 3.81. The van der Waals surface area contributed by atoms with Crippen molar-refractivity contribution in [2.75, 3.05) is 0 Å². The average Bonchev–Trinajstić information content (AvgIpc) is 2.30. The Morgan fingerprint density at radius 1 is 1.15 bits per heavy atom. The first-order valence-corrected chi connectivity index (χ1v) is 4.59. The minimum absolute atomic E-state index is 0. The van der Waals surface area contributed by atoms with Crippen LogP contribution in [-0.4, -0.2) is 0 Å². The smallest absolute Gasteiger partial charge is 1.00 e. The Balaban J connectivity index is 0.000000720. The van der Waals surface area contributed by atoms with Gasteiger partial charge in [0.1, 0.15) is 0 Å². The summed E-state index contributed by atoms with van der Waals surface area (Å²) in [4.78, 5) is 0. The van der Waals surface area contributed by atoms with Gasteiger partial charge in [0.05, 0.1) is 0 Å². The van der Waals surface area contributed by atoms with E-state index in [2.05, 4.69) is 57.7 Å². The third kappa shape index (κ3) is 2.38. The number of halogens is 2. The molecular formula is C10H9Cl2Ti. The Kier molecular flexibility index (Phi) is 5.32. The Bertz CT molecular complexity index is 320. The molecule has 0 N–H and O–H groups in total. The first kappa shape index (κ1) is 13.3. The van der Waals surface area contributed by atoms with Gasteiger partial charge in [0.15, 0.2) is 0 Å². The Labute approximate surface area is 103 Å². The molecule has 1 unspecified atom stereocenters. The van der Waals surface area contributed by atoms with Crippen molar-refractivity contribution in [3.8, 4) is 0 Å². The molecule has 0 amide bonds. The topological polar surface area (TPSA) is 0 Å². The third-order valence-electron chi connectivity index (χ3n) is 2.24. The third-order valence-corrected chi connectivity index (χ3v) is 3.14. The minimum Gasteiger partial charge on any atom is -1.00 e. The molecule has 1 aromatic rings. The molecule has 0 aromatic heterocycles. The van der Waals surface area contributed by atoms with Gasteiger partial charge >= 0.3 is 78.6 Å². The molecule has 1 aliphatic rings. The first-order chi connectivity index (χ1) is 5.29. The van der Waals surface area contributed by atoms with Gasteiger partial charge < -0.3 is 24.8 Å². The summed E-state index contributed by atoms with van der Waals surface area (Å²) in [5.41, 5.74) is 2.88. The molecule has 13 heavy (non-hydrogen) atoms. The van der Waals surface area contributed by atoms with Gasteiger partial charge in [-0.15, -0.1) is 0 Å². The van der Waals surface area contributed by atoms with Crippen molar-refractivity contribution < 1.29 is 45.2 Å². The number of allylic oxidation sites excluding steroid dienone is 1. The number of hydrogen-bond donors (Lipinski definition) is 0. The number of hydrogen-bond acceptors (Lipinski definition) is 0. The van der Waals surface area contributed by atoms with E-state index in [0.717, 1.165) is 0 Å². The fraction of sp³-hybridized carbons (Fsp3) is 0.200. The zero-order valence-corrected chi connectivity index (χ0v) is 10.3. The Morgan fingerprint density at radius 3 is 2.38 bits per heavy atom. The molecule has 0 bridgehead atoms. The fourth-order valence-corrected chi connectivity index (χ4v) is 1.98. The van der Waals surface area contributed by atoms with Gasteiger partial charge in [-0.25, -0.2) is 0 Å². The molecule has 0 heterocycles. The van der Waals surface area contributed by atoms with Gasteiger partial charge in [0, 0.05) is 0 Å². The summed E-state index contributed by atoms with van der Waals surface area (Å²) < 4.78 is 1.48. The van der Waals surface area contributed by atoms with Gasteiger partial charge in [-0.1, -0.05) is 0 Å². The predicted molar refractivity (Wildman–Crippen MR) is 42.8 cm³/mol. The van der Waals surface area contributed by atoms with Crippen LogP contribution in [0.15, 0.2) is 28.1 Å². The average molecular weight is 248 g/mol. The molecule has 0 radical (unpaired) electrons. The van der Waals surface area contributed by atoms with Crippen molar-refractivity contribution in [1.82, 2.24) is 0 Å². The SMILES string of the molecule is CC1[C]([Ti+2])=Cc2ccccc21.[Cl-].[Cl-]. The zero-order chi connectivity index (χ0) is 7.84. The van der Waals surface area contributed by atoms with E-state index in [9.17, 15) is 0 Å². The van der Waals surface area contributed by atoms with Crippen LogP contribution in [0, 0.1) is 0 Å². The second-order valence-electron chi connectivity index (χ2n) is 2.95. The maximum atomic E-state index is 2.28. The summed E-state index contributed by atoms with van der Waals surface area (Å²) in [6.45, 7) is 2.26. The van der Waals surface area contributed by atoms with Gasteiger partial charge in [0.25, 0.3) is 0 Å². The molecule has 3 heteroatoms. The van der Waals surface area contributed by atoms with Gasteiger partial charge in [-0.05, 0) is 0 Å². The summed E-state index contributed by atoms with van der Waals surface area (Å²) in [7, 11) is 0. The van der Waals surface area contributed by atoms with E-state index in [4.69, 9.17) is 0 Å². The molecule has 0 aliphatic heterocycles. The summed E-state index contributed by atoms with van der Waals surface area (Å²) in [5.74, 6) is 0.631. The Hall–Kier alpha value is 0.254. The molecule has 0 saturated heterocycles. The maximum Gasteiger partial charge on any atom is -1.00 e. The van der Waals surface area contributed by atoms with Crippen LogP contribution in [0.25, 0.3) is 6.08 Å². The van der Waals surface area contributed by atoms with E-state index in [-0.39, 0.29) is 24.8 Å². The normalized spacial score (nSPS) is 18.1. The monoisotopic (exact) mass is 247 g/mol. The molecule has 0 spiro atoms. The summed E-state index contributed by atoms with van der Waals surface area (Å²) in [6.07, 6.45) is 2.28. The van der Waals surface area contributed by atoms with Crippen LogP contribution < -0.4 is 24.8 Å². The van der Waals surface area contributed by atoms with Gasteiger partial charge in [-0.3, -0.25) is 0 Å². The van der Waals surface area contributed by atoms with Crippen molar-refractivity contribution in [2.24, 2.45) is 0 Å². The Morgan fingerprint density at radius 2 is 1.77 bits per heavy atom. The molecule has 2 rings (SSSR count). The van der Waals surface area contributed by atoms with Gasteiger partial charge in [0.2, 0.25) is 0 Å². The van der Waals surface area contributed by atoms with E-state index in [0.29, 0.717) is 5.92 Å². The van der Waals surface area contributed by atoms with E-state index >= 15 is 0 Å². The van der Waals surface area contributed by atoms with Crippen LogP contribution in [0.1, 0.15) is 24.0 Å². The second kappa shape index (κ2) is 5.21. The molecule has 1 atom stereocenters. The molecule has 0 saturated carbocycles. The number of fused-ring (bicyclic) bond motifs is 1. The summed E-state index contributed by atoms with van der Waals surface area (Å²) in [6, 6.07) is 8.61. The summed E-state index contributed by atoms with van der Waals surface area (Å²) >= 11 is 2.20. The molecule has 0 nitrogen and oxygen atoms in total. The zero-order valence-electron chi connectivity index (χ0n) is 7.22. The molecule has 67 valence electrons. The number of benzene rings is 1. The molecule has 0 fully saturated rings. The van der Waals surface area contributed by atoms with Crippen LogP contribution in [0.3, 0.4) is 0 Å². The van der Waals surface area contributed by atoms with Crippen molar-refractivity contribution in [3.05, 3.63) is 39.3 Å². The van der Waals surface area contributed by atoms with Crippen LogP contribution in [0.2, 0.25) is 0 Å². The maximum absolute atomic E-state index is 2.28. The molecule has 1 aliphatic carbocycles. The number of rotatable bonds is 0. The van der Waals surface area contributed by atoms with Gasteiger partial charge in [-0.2, -0.15) is 0 Å². The van der Waals surface area contributed by atoms with E-state index < -0.39 is 0 Å². The van der Waals surface area contributed by atoms with Crippen molar-refractivity contribution in [3.63, 3.8) is 0 Å². The van der Waals surface area contributed by atoms with E-state index in [1.54, 1.807) is 0 Å². The molecular weight excluding hydrogens is 239 g/mol. The quantitative estimate of drug-likeness (QED) is 0.422. The van der Waals surface area contributed by atoms with Crippen molar-refractivity contribution in [2.45, 2.75) is 12.8 Å².